The highest BCUT2D eigenvalue weighted by atomic mass is 16.3. The number of ketones is 1. The van der Waals surface area contributed by atoms with Crippen molar-refractivity contribution < 1.29 is 9.90 Å². The van der Waals surface area contributed by atoms with Gasteiger partial charge >= 0.3 is 0 Å². The number of likely N-dealkylation sites (tertiary alicyclic amines) is 1. The molecule has 19 heavy (non-hydrogen) atoms. The van der Waals surface area contributed by atoms with E-state index in [1.165, 1.54) is 0 Å². The molecule has 0 aromatic carbocycles. The summed E-state index contributed by atoms with van der Waals surface area (Å²) in [6.45, 7) is 9.49. The molecular formula is C16H29NO2. The number of aliphatic hydroxyl groups excluding tert-OH is 1. The second-order valence-electron chi connectivity index (χ2n) is 7.41. The summed E-state index contributed by atoms with van der Waals surface area (Å²) in [5, 5.41) is 9.62. The summed E-state index contributed by atoms with van der Waals surface area (Å²) in [6, 6.07) is 0. The number of hydrogen-bond donors (Lipinski definition) is 1. The first-order valence-electron chi connectivity index (χ1n) is 7.80. The van der Waals surface area contributed by atoms with Gasteiger partial charge in [0.05, 0.1) is 6.10 Å². The molecule has 0 aromatic heterocycles. The van der Waals surface area contributed by atoms with Gasteiger partial charge in [-0.05, 0) is 57.0 Å². The average molecular weight is 267 g/mol. The van der Waals surface area contributed by atoms with Crippen LogP contribution in [0.25, 0.3) is 0 Å². The molecule has 2 aliphatic rings. The first-order valence-corrected chi connectivity index (χ1v) is 7.80. The van der Waals surface area contributed by atoms with Crippen LogP contribution in [0.15, 0.2) is 0 Å². The Labute approximate surface area is 117 Å². The van der Waals surface area contributed by atoms with Gasteiger partial charge in [-0.3, -0.25) is 4.79 Å². The molecule has 0 spiro atoms. The average Bonchev–Trinajstić information content (AvgIpc) is 2.34. The largest absolute Gasteiger partial charge is 0.393 e. The van der Waals surface area contributed by atoms with Crippen LogP contribution in [-0.4, -0.2) is 41.5 Å². The van der Waals surface area contributed by atoms with Crippen molar-refractivity contribution in [2.24, 2.45) is 17.3 Å². The van der Waals surface area contributed by atoms with Crippen molar-refractivity contribution in [3.05, 3.63) is 0 Å². The van der Waals surface area contributed by atoms with Crippen LogP contribution in [0.1, 0.15) is 52.9 Å². The van der Waals surface area contributed by atoms with E-state index in [9.17, 15) is 9.90 Å². The zero-order chi connectivity index (χ0) is 14.0. The lowest BCUT2D eigenvalue weighted by atomic mass is 9.71. The van der Waals surface area contributed by atoms with Crippen molar-refractivity contribution in [2.75, 3.05) is 19.6 Å². The van der Waals surface area contributed by atoms with Crippen LogP contribution < -0.4 is 0 Å². The SMILES string of the molecule is CC(O)C1CCN(CC2CC(C)(C)CCC2=O)CC1. The second-order valence-corrected chi connectivity index (χ2v) is 7.41. The monoisotopic (exact) mass is 267 g/mol. The third-order valence-electron chi connectivity index (χ3n) is 5.10. The third kappa shape index (κ3) is 4.03. The molecule has 1 aliphatic heterocycles. The van der Waals surface area contributed by atoms with E-state index in [4.69, 9.17) is 0 Å². The van der Waals surface area contributed by atoms with Gasteiger partial charge in [0, 0.05) is 18.9 Å². The van der Waals surface area contributed by atoms with Gasteiger partial charge in [0.2, 0.25) is 0 Å². The summed E-state index contributed by atoms with van der Waals surface area (Å²) in [4.78, 5) is 14.5. The Hall–Kier alpha value is -0.410. The van der Waals surface area contributed by atoms with Crippen LogP contribution in [0.2, 0.25) is 0 Å². The topological polar surface area (TPSA) is 40.5 Å². The predicted molar refractivity (Wildman–Crippen MR) is 77.0 cm³/mol. The lowest BCUT2D eigenvalue weighted by Crippen LogP contribution is -2.43. The summed E-state index contributed by atoms with van der Waals surface area (Å²) in [5.41, 5.74) is 0.330. The molecule has 2 fully saturated rings. The first-order chi connectivity index (χ1) is 8.87. The molecule has 3 nitrogen and oxygen atoms in total. The van der Waals surface area contributed by atoms with Gasteiger partial charge in [-0.1, -0.05) is 13.8 Å². The molecule has 0 aromatic rings. The molecule has 3 heteroatoms. The van der Waals surface area contributed by atoms with E-state index in [-0.39, 0.29) is 12.0 Å². The second kappa shape index (κ2) is 5.92. The van der Waals surface area contributed by atoms with Crippen molar-refractivity contribution in [1.29, 1.82) is 0 Å². The number of hydrogen-bond acceptors (Lipinski definition) is 3. The van der Waals surface area contributed by atoms with Gasteiger partial charge in [0.1, 0.15) is 5.78 Å². The van der Waals surface area contributed by atoms with Gasteiger partial charge in [0.25, 0.3) is 0 Å². The van der Waals surface area contributed by atoms with Gasteiger partial charge in [-0.2, -0.15) is 0 Å². The molecule has 1 N–H and O–H groups in total. The minimum atomic E-state index is -0.183. The van der Waals surface area contributed by atoms with E-state index < -0.39 is 0 Å². The molecule has 2 atom stereocenters. The lowest BCUT2D eigenvalue weighted by Gasteiger charge is -2.39. The zero-order valence-corrected chi connectivity index (χ0v) is 12.7. The number of piperidine rings is 1. The molecular weight excluding hydrogens is 238 g/mol. The number of nitrogens with zero attached hydrogens (tertiary/aromatic N) is 1. The first kappa shape index (κ1) is 15.0. The fraction of sp³-hybridized carbons (Fsp3) is 0.938. The van der Waals surface area contributed by atoms with Gasteiger partial charge in [-0.25, -0.2) is 0 Å². The van der Waals surface area contributed by atoms with Crippen molar-refractivity contribution in [2.45, 2.75) is 59.0 Å². The molecule has 0 radical (unpaired) electrons. The number of aliphatic hydroxyl groups is 1. The maximum Gasteiger partial charge on any atom is 0.137 e. The van der Waals surface area contributed by atoms with Crippen molar-refractivity contribution >= 4 is 5.78 Å². The van der Waals surface area contributed by atoms with Crippen molar-refractivity contribution in [3.8, 4) is 0 Å². The molecule has 2 unspecified atom stereocenters. The quantitative estimate of drug-likeness (QED) is 0.854. The third-order valence-corrected chi connectivity index (χ3v) is 5.10. The molecule has 1 heterocycles. The van der Waals surface area contributed by atoms with E-state index in [2.05, 4.69) is 18.7 Å². The Kier molecular flexibility index (Phi) is 4.67. The van der Waals surface area contributed by atoms with Gasteiger partial charge in [0.15, 0.2) is 0 Å². The molecule has 1 aliphatic carbocycles. The predicted octanol–water partition coefficient (Wildman–Crippen LogP) is 2.47. The summed E-state index contributed by atoms with van der Waals surface area (Å²) in [6.07, 6.45) is 4.82. The van der Waals surface area contributed by atoms with E-state index in [0.29, 0.717) is 17.1 Å². The molecule has 2 rings (SSSR count). The number of carbonyl (C=O) groups is 1. The highest BCUT2D eigenvalue weighted by Gasteiger charge is 2.35. The van der Waals surface area contributed by atoms with Crippen LogP contribution in [0.4, 0.5) is 0 Å². The Morgan fingerprint density at radius 1 is 1.37 bits per heavy atom. The number of Topliss-reactive ketones (excluding diaryl/α,β-unsaturated/α-hetero) is 1. The maximum atomic E-state index is 12.1. The maximum absolute atomic E-state index is 12.1. The van der Waals surface area contributed by atoms with Crippen LogP contribution in [-0.2, 0) is 4.79 Å². The highest BCUT2D eigenvalue weighted by molar-refractivity contribution is 5.82. The Morgan fingerprint density at radius 3 is 2.58 bits per heavy atom. The highest BCUT2D eigenvalue weighted by Crippen LogP contribution is 2.37. The lowest BCUT2D eigenvalue weighted by molar-refractivity contribution is -0.128. The number of rotatable bonds is 3. The summed E-state index contributed by atoms with van der Waals surface area (Å²) in [7, 11) is 0. The van der Waals surface area contributed by atoms with Crippen LogP contribution in [0.5, 0.6) is 0 Å². The normalized spacial score (nSPS) is 31.4. The molecule has 110 valence electrons. The van der Waals surface area contributed by atoms with Crippen LogP contribution in [0.3, 0.4) is 0 Å². The fourth-order valence-corrected chi connectivity index (χ4v) is 3.64. The van der Waals surface area contributed by atoms with E-state index in [0.717, 1.165) is 51.7 Å². The standard InChI is InChI=1S/C16H29NO2/c1-12(18)13-5-8-17(9-6-13)11-14-10-16(2,3)7-4-15(14)19/h12-14,18H,4-11H2,1-3H3. The fourth-order valence-electron chi connectivity index (χ4n) is 3.64. The Bertz CT molecular complexity index is 317. The molecule has 0 amide bonds. The van der Waals surface area contributed by atoms with Crippen molar-refractivity contribution in [1.82, 2.24) is 4.90 Å². The van der Waals surface area contributed by atoms with Crippen LogP contribution in [0, 0.1) is 17.3 Å². The van der Waals surface area contributed by atoms with Gasteiger partial charge in [-0.15, -0.1) is 0 Å². The minimum Gasteiger partial charge on any atom is -0.393 e. The van der Waals surface area contributed by atoms with Crippen LogP contribution >= 0.6 is 0 Å². The van der Waals surface area contributed by atoms with Crippen molar-refractivity contribution in [3.63, 3.8) is 0 Å². The molecule has 1 saturated carbocycles. The summed E-state index contributed by atoms with van der Waals surface area (Å²) in [5.74, 6) is 1.17. The summed E-state index contributed by atoms with van der Waals surface area (Å²) >= 11 is 0. The van der Waals surface area contributed by atoms with Gasteiger partial charge < -0.3 is 10.0 Å². The molecule has 0 bridgehead atoms. The van der Waals surface area contributed by atoms with E-state index in [1.807, 2.05) is 6.92 Å². The Morgan fingerprint density at radius 2 is 2.00 bits per heavy atom. The zero-order valence-electron chi connectivity index (χ0n) is 12.7. The summed E-state index contributed by atoms with van der Waals surface area (Å²) < 4.78 is 0. The number of carbonyl (C=O) groups excluding carboxylic acids is 1. The smallest absolute Gasteiger partial charge is 0.137 e. The Balaban J connectivity index is 1.83. The molecule has 1 saturated heterocycles. The minimum absolute atomic E-state index is 0.183. The van der Waals surface area contributed by atoms with E-state index in [1.54, 1.807) is 0 Å². The van der Waals surface area contributed by atoms with E-state index >= 15 is 0 Å².